The molecule has 3 heterocycles. The van der Waals surface area contributed by atoms with E-state index in [9.17, 15) is 0 Å². The topological polar surface area (TPSA) is 72.9 Å². The van der Waals surface area contributed by atoms with Crippen molar-refractivity contribution in [3.8, 4) is 5.88 Å². The summed E-state index contributed by atoms with van der Waals surface area (Å²) in [4.78, 5) is 15.2. The van der Waals surface area contributed by atoms with Crippen LogP contribution in [0.2, 0.25) is 0 Å². The van der Waals surface area contributed by atoms with E-state index in [-0.39, 0.29) is 6.10 Å². The van der Waals surface area contributed by atoms with Crippen molar-refractivity contribution in [3.63, 3.8) is 0 Å². The zero-order valence-corrected chi connectivity index (χ0v) is 9.43. The fourth-order valence-corrected chi connectivity index (χ4v) is 1.96. The first-order chi connectivity index (χ1) is 8.43. The predicted molar refractivity (Wildman–Crippen MR) is 60.8 cm³/mol. The fraction of sp³-hybridized carbons (Fsp3) is 0.545. The molecule has 0 aliphatic carbocycles. The maximum atomic E-state index is 5.67. The summed E-state index contributed by atoms with van der Waals surface area (Å²) >= 11 is 0. The lowest BCUT2D eigenvalue weighted by molar-refractivity contribution is -0.0116. The predicted octanol–water partition coefficient (Wildman–Crippen LogP) is 1.30. The minimum atomic E-state index is 0.177. The molecule has 1 aliphatic rings. The van der Waals surface area contributed by atoms with Gasteiger partial charge in [-0.3, -0.25) is 0 Å². The Hall–Kier alpha value is -1.69. The van der Waals surface area contributed by atoms with E-state index >= 15 is 0 Å². The lowest BCUT2D eigenvalue weighted by Gasteiger charge is -2.22. The molecule has 1 fully saturated rings. The van der Waals surface area contributed by atoms with Gasteiger partial charge in [-0.05, 0) is 19.3 Å². The molecule has 3 rings (SSSR count). The molecule has 90 valence electrons. The Balaban J connectivity index is 1.69. The van der Waals surface area contributed by atoms with E-state index in [0.29, 0.717) is 18.1 Å². The molecule has 0 amide bonds. The van der Waals surface area contributed by atoms with Crippen LogP contribution in [0.15, 0.2) is 12.7 Å². The molecule has 0 bridgehead atoms. The Morgan fingerprint density at radius 3 is 3.24 bits per heavy atom. The highest BCUT2D eigenvalue weighted by molar-refractivity contribution is 5.74. The van der Waals surface area contributed by atoms with Gasteiger partial charge in [0.25, 0.3) is 0 Å². The lowest BCUT2D eigenvalue weighted by atomic mass is 10.1. The summed E-state index contributed by atoms with van der Waals surface area (Å²) < 4.78 is 11.3. The van der Waals surface area contributed by atoms with Crippen LogP contribution in [0.1, 0.15) is 19.3 Å². The molecule has 6 nitrogen and oxygen atoms in total. The van der Waals surface area contributed by atoms with Gasteiger partial charge in [0.1, 0.15) is 18.5 Å². The molecule has 1 saturated heterocycles. The van der Waals surface area contributed by atoms with Crippen LogP contribution < -0.4 is 4.74 Å². The van der Waals surface area contributed by atoms with E-state index in [4.69, 9.17) is 9.47 Å². The molecule has 1 aliphatic heterocycles. The Labute approximate surface area is 98.4 Å². The minimum Gasteiger partial charge on any atom is -0.473 e. The number of ether oxygens (including phenoxy) is 2. The number of nitrogens with one attached hydrogen (secondary N) is 1. The molecule has 1 atom stereocenters. The Morgan fingerprint density at radius 1 is 1.35 bits per heavy atom. The summed E-state index contributed by atoms with van der Waals surface area (Å²) in [6.07, 6.45) is 6.63. The van der Waals surface area contributed by atoms with Crippen molar-refractivity contribution < 1.29 is 9.47 Å². The van der Waals surface area contributed by atoms with Crippen molar-refractivity contribution in [1.82, 2.24) is 19.9 Å². The zero-order chi connectivity index (χ0) is 11.5. The molecule has 0 spiro atoms. The van der Waals surface area contributed by atoms with Gasteiger partial charge in [0, 0.05) is 6.61 Å². The first kappa shape index (κ1) is 10.5. The minimum absolute atomic E-state index is 0.177. The molecule has 1 N–H and O–H groups in total. The number of hydrogen-bond acceptors (Lipinski definition) is 5. The van der Waals surface area contributed by atoms with E-state index in [1.165, 1.54) is 12.7 Å². The third-order valence-corrected chi connectivity index (χ3v) is 2.87. The molecule has 17 heavy (non-hydrogen) atoms. The van der Waals surface area contributed by atoms with Crippen molar-refractivity contribution in [3.05, 3.63) is 12.7 Å². The third kappa shape index (κ3) is 2.21. The van der Waals surface area contributed by atoms with Gasteiger partial charge in [0.2, 0.25) is 5.88 Å². The first-order valence-electron chi connectivity index (χ1n) is 5.82. The highest BCUT2D eigenvalue weighted by Crippen LogP contribution is 2.19. The highest BCUT2D eigenvalue weighted by atomic mass is 16.5. The van der Waals surface area contributed by atoms with E-state index < -0.39 is 0 Å². The van der Waals surface area contributed by atoms with E-state index in [1.54, 1.807) is 6.33 Å². The number of aromatic amines is 1. The lowest BCUT2D eigenvalue weighted by Crippen LogP contribution is -2.26. The average Bonchev–Trinajstić information content (AvgIpc) is 2.86. The molecule has 1 unspecified atom stereocenters. The van der Waals surface area contributed by atoms with Gasteiger partial charge >= 0.3 is 0 Å². The molecular weight excluding hydrogens is 220 g/mol. The number of H-pyrrole nitrogens is 1. The summed E-state index contributed by atoms with van der Waals surface area (Å²) in [7, 11) is 0. The zero-order valence-electron chi connectivity index (χ0n) is 9.43. The van der Waals surface area contributed by atoms with Crippen LogP contribution >= 0.6 is 0 Å². The smallest absolute Gasteiger partial charge is 0.243 e. The van der Waals surface area contributed by atoms with Gasteiger partial charge in [-0.2, -0.15) is 4.98 Å². The van der Waals surface area contributed by atoms with Crippen LogP contribution in [-0.4, -0.2) is 39.3 Å². The van der Waals surface area contributed by atoms with Gasteiger partial charge in [0.15, 0.2) is 5.65 Å². The van der Waals surface area contributed by atoms with Gasteiger partial charge < -0.3 is 14.5 Å². The SMILES string of the molecule is c1nc(OCC2CCCCO2)c2[nH]cnc2n1. The van der Waals surface area contributed by atoms with Gasteiger partial charge in [-0.25, -0.2) is 9.97 Å². The summed E-state index contributed by atoms with van der Waals surface area (Å²) in [6.45, 7) is 1.36. The molecule has 0 aromatic carbocycles. The van der Waals surface area contributed by atoms with Gasteiger partial charge in [0.05, 0.1) is 12.4 Å². The van der Waals surface area contributed by atoms with Crippen molar-refractivity contribution >= 4 is 11.2 Å². The molecule has 2 aromatic heterocycles. The van der Waals surface area contributed by atoms with Gasteiger partial charge in [-0.15, -0.1) is 0 Å². The quantitative estimate of drug-likeness (QED) is 0.866. The largest absolute Gasteiger partial charge is 0.473 e. The maximum absolute atomic E-state index is 5.67. The van der Waals surface area contributed by atoms with Crippen LogP contribution in [0, 0.1) is 0 Å². The Morgan fingerprint density at radius 2 is 2.35 bits per heavy atom. The van der Waals surface area contributed by atoms with E-state index in [2.05, 4.69) is 19.9 Å². The Bertz CT molecular complexity index is 493. The molecule has 0 radical (unpaired) electrons. The summed E-state index contributed by atoms with van der Waals surface area (Å²) in [5, 5.41) is 0. The number of imidazole rings is 1. The first-order valence-corrected chi connectivity index (χ1v) is 5.82. The second-order valence-corrected chi connectivity index (χ2v) is 4.08. The average molecular weight is 234 g/mol. The van der Waals surface area contributed by atoms with Gasteiger partial charge in [-0.1, -0.05) is 0 Å². The Kier molecular flexibility index (Phi) is 2.87. The van der Waals surface area contributed by atoms with Crippen LogP contribution in [0.5, 0.6) is 5.88 Å². The summed E-state index contributed by atoms with van der Waals surface area (Å²) in [5.74, 6) is 0.543. The number of aromatic nitrogens is 4. The number of rotatable bonds is 3. The maximum Gasteiger partial charge on any atom is 0.243 e. The third-order valence-electron chi connectivity index (χ3n) is 2.87. The van der Waals surface area contributed by atoms with Crippen LogP contribution in [0.3, 0.4) is 0 Å². The molecule has 2 aromatic rings. The molecule has 6 heteroatoms. The standard InChI is InChI=1S/C11H14N4O2/c1-2-4-16-8(3-1)5-17-11-9-10(13-6-12-9)14-7-15-11/h6-8H,1-5H2,(H,12,13,14,15). The summed E-state index contributed by atoms with van der Waals surface area (Å²) in [6, 6.07) is 0. The fourth-order valence-electron chi connectivity index (χ4n) is 1.96. The van der Waals surface area contributed by atoms with E-state index in [0.717, 1.165) is 25.0 Å². The normalized spacial score (nSPS) is 20.6. The highest BCUT2D eigenvalue weighted by Gasteiger charge is 2.16. The second-order valence-electron chi connectivity index (χ2n) is 4.08. The van der Waals surface area contributed by atoms with Crippen molar-refractivity contribution in [2.75, 3.05) is 13.2 Å². The van der Waals surface area contributed by atoms with Crippen molar-refractivity contribution in [1.29, 1.82) is 0 Å². The number of nitrogens with zero attached hydrogens (tertiary/aromatic N) is 3. The van der Waals surface area contributed by atoms with Crippen LogP contribution in [0.25, 0.3) is 11.2 Å². The molecular formula is C11H14N4O2. The van der Waals surface area contributed by atoms with Crippen molar-refractivity contribution in [2.24, 2.45) is 0 Å². The van der Waals surface area contributed by atoms with Crippen LogP contribution in [0.4, 0.5) is 0 Å². The van der Waals surface area contributed by atoms with E-state index in [1.807, 2.05) is 0 Å². The second kappa shape index (κ2) is 4.67. The van der Waals surface area contributed by atoms with Crippen molar-refractivity contribution in [2.45, 2.75) is 25.4 Å². The number of hydrogen-bond donors (Lipinski definition) is 1. The monoisotopic (exact) mass is 234 g/mol. The van der Waals surface area contributed by atoms with Crippen LogP contribution in [-0.2, 0) is 4.74 Å². The molecule has 0 saturated carbocycles. The number of fused-ring (bicyclic) bond motifs is 1. The summed E-state index contributed by atoms with van der Waals surface area (Å²) in [5.41, 5.74) is 1.36.